The van der Waals surface area contributed by atoms with E-state index in [4.69, 9.17) is 4.74 Å². The third kappa shape index (κ3) is 5.34. The normalized spacial score (nSPS) is 17.2. The summed E-state index contributed by atoms with van der Waals surface area (Å²) in [5.74, 6) is 1.00. The number of benzene rings is 1. The minimum absolute atomic E-state index is 0.124. The van der Waals surface area contributed by atoms with Crippen molar-refractivity contribution in [2.24, 2.45) is 0 Å². The fourth-order valence-corrected chi connectivity index (χ4v) is 2.79. The first-order valence-corrected chi connectivity index (χ1v) is 8.35. The van der Waals surface area contributed by atoms with Crippen LogP contribution in [0.15, 0.2) is 30.3 Å². The zero-order chi connectivity index (χ0) is 15.8. The van der Waals surface area contributed by atoms with E-state index in [0.717, 1.165) is 25.1 Å². The van der Waals surface area contributed by atoms with Crippen molar-refractivity contribution in [2.75, 3.05) is 20.2 Å². The fourth-order valence-electron chi connectivity index (χ4n) is 2.79. The number of ether oxygens (including phenoxy) is 1. The van der Waals surface area contributed by atoms with Crippen molar-refractivity contribution >= 4 is 5.91 Å². The minimum atomic E-state index is -0.124. The first kappa shape index (κ1) is 16.8. The number of nitrogens with one attached hydrogen (secondary N) is 1. The van der Waals surface area contributed by atoms with Gasteiger partial charge in [-0.15, -0.1) is 0 Å². The van der Waals surface area contributed by atoms with E-state index < -0.39 is 0 Å². The van der Waals surface area contributed by atoms with E-state index in [2.05, 4.69) is 5.32 Å². The summed E-state index contributed by atoms with van der Waals surface area (Å²) in [4.78, 5) is 14.3. The van der Waals surface area contributed by atoms with Gasteiger partial charge in [-0.25, -0.2) is 0 Å². The Kier molecular flexibility index (Phi) is 6.72. The van der Waals surface area contributed by atoms with Gasteiger partial charge in [-0.2, -0.15) is 0 Å². The average molecular weight is 304 g/mol. The van der Waals surface area contributed by atoms with Gasteiger partial charge in [0.2, 0.25) is 5.91 Å². The number of carbonyl (C=O) groups is 1. The van der Waals surface area contributed by atoms with E-state index in [0.29, 0.717) is 12.6 Å². The highest BCUT2D eigenvalue weighted by atomic mass is 16.5. The fraction of sp³-hybridized carbons (Fsp3) is 0.611. The van der Waals surface area contributed by atoms with Crippen molar-refractivity contribution in [3.05, 3.63) is 30.3 Å². The molecule has 1 saturated carbocycles. The molecule has 1 fully saturated rings. The maximum absolute atomic E-state index is 12.3. The monoisotopic (exact) mass is 304 g/mol. The molecule has 1 aliphatic rings. The lowest BCUT2D eigenvalue weighted by molar-refractivity contribution is -0.126. The van der Waals surface area contributed by atoms with Crippen LogP contribution in [0.4, 0.5) is 0 Å². The van der Waals surface area contributed by atoms with E-state index in [9.17, 15) is 4.79 Å². The van der Waals surface area contributed by atoms with Crippen LogP contribution in [0, 0.1) is 0 Å². The molecule has 0 radical (unpaired) electrons. The summed E-state index contributed by atoms with van der Waals surface area (Å²) in [6.45, 7) is 3.27. The number of likely N-dealkylation sites (N-methyl/N-ethyl adjacent to an activating group) is 1. The largest absolute Gasteiger partial charge is 0.492 e. The Labute approximate surface area is 133 Å². The van der Waals surface area contributed by atoms with Gasteiger partial charge in [0.05, 0.1) is 6.04 Å². The van der Waals surface area contributed by atoms with Crippen LogP contribution in [0.3, 0.4) is 0 Å². The predicted octanol–water partition coefficient (Wildman–Crippen LogP) is 2.83. The van der Waals surface area contributed by atoms with Gasteiger partial charge >= 0.3 is 0 Å². The van der Waals surface area contributed by atoms with Crippen LogP contribution >= 0.6 is 0 Å². The zero-order valence-electron chi connectivity index (χ0n) is 13.8. The molecule has 122 valence electrons. The molecule has 1 aromatic rings. The van der Waals surface area contributed by atoms with Gasteiger partial charge in [-0.05, 0) is 38.9 Å². The molecule has 0 aromatic heterocycles. The number of nitrogens with zero attached hydrogens (tertiary/aromatic N) is 1. The summed E-state index contributed by atoms with van der Waals surface area (Å²) in [7, 11) is 1.97. The maximum atomic E-state index is 12.3. The van der Waals surface area contributed by atoms with Gasteiger partial charge in [0.15, 0.2) is 0 Å². The van der Waals surface area contributed by atoms with Gasteiger partial charge in [0.25, 0.3) is 0 Å². The molecule has 0 bridgehead atoms. The van der Waals surface area contributed by atoms with E-state index in [-0.39, 0.29) is 11.9 Å². The second-order valence-corrected chi connectivity index (χ2v) is 6.16. The molecule has 2 rings (SSSR count). The number of carbonyl (C=O) groups excluding carboxylic acids is 1. The highest BCUT2D eigenvalue weighted by molar-refractivity contribution is 5.81. The Morgan fingerprint density at radius 1 is 1.27 bits per heavy atom. The third-order valence-corrected chi connectivity index (χ3v) is 4.45. The molecule has 0 heterocycles. The van der Waals surface area contributed by atoms with Gasteiger partial charge in [-0.3, -0.25) is 9.69 Å². The van der Waals surface area contributed by atoms with E-state index >= 15 is 0 Å². The molecule has 1 N–H and O–H groups in total. The first-order valence-electron chi connectivity index (χ1n) is 8.35. The molecule has 1 amide bonds. The second kappa shape index (κ2) is 8.79. The topological polar surface area (TPSA) is 41.6 Å². The van der Waals surface area contributed by atoms with Crippen LogP contribution in [-0.4, -0.2) is 43.1 Å². The SMILES string of the molecule is C[C@H](C(=O)NC1CCCCC1)N(C)CCOc1ccccc1. The summed E-state index contributed by atoms with van der Waals surface area (Å²) >= 11 is 0. The minimum Gasteiger partial charge on any atom is -0.492 e. The quantitative estimate of drug-likeness (QED) is 0.842. The van der Waals surface area contributed by atoms with Crippen LogP contribution in [0.5, 0.6) is 5.75 Å². The Morgan fingerprint density at radius 2 is 1.95 bits per heavy atom. The highest BCUT2D eigenvalue weighted by Gasteiger charge is 2.22. The lowest BCUT2D eigenvalue weighted by atomic mass is 9.95. The van der Waals surface area contributed by atoms with Crippen molar-refractivity contribution < 1.29 is 9.53 Å². The summed E-state index contributed by atoms with van der Waals surface area (Å²) in [6, 6.07) is 10.0. The molecule has 0 spiro atoms. The average Bonchev–Trinajstić information content (AvgIpc) is 2.56. The lowest BCUT2D eigenvalue weighted by Crippen LogP contribution is -2.48. The summed E-state index contributed by atoms with van der Waals surface area (Å²) in [6.07, 6.45) is 6.03. The number of para-hydroxylation sites is 1. The maximum Gasteiger partial charge on any atom is 0.237 e. The smallest absolute Gasteiger partial charge is 0.237 e. The Balaban J connectivity index is 1.69. The molecule has 0 aliphatic heterocycles. The van der Waals surface area contributed by atoms with Crippen molar-refractivity contribution in [2.45, 2.75) is 51.1 Å². The standard InChI is InChI=1S/C18H28N2O2/c1-15(18(21)19-16-9-5-3-6-10-16)20(2)13-14-22-17-11-7-4-8-12-17/h4,7-8,11-12,15-16H,3,5-6,9-10,13-14H2,1-2H3,(H,19,21)/t15-/m1/s1. The lowest BCUT2D eigenvalue weighted by Gasteiger charge is -2.28. The first-order chi connectivity index (χ1) is 10.7. The molecule has 1 aromatic carbocycles. The van der Waals surface area contributed by atoms with Crippen LogP contribution in [0.1, 0.15) is 39.0 Å². The number of amides is 1. The number of hydrogen-bond acceptors (Lipinski definition) is 3. The molecule has 4 nitrogen and oxygen atoms in total. The number of hydrogen-bond donors (Lipinski definition) is 1. The van der Waals surface area contributed by atoms with Gasteiger partial charge in [-0.1, -0.05) is 37.5 Å². The molecular weight excluding hydrogens is 276 g/mol. The van der Waals surface area contributed by atoms with Gasteiger partial charge in [0.1, 0.15) is 12.4 Å². The van der Waals surface area contributed by atoms with Gasteiger partial charge < -0.3 is 10.1 Å². The number of rotatable bonds is 7. The predicted molar refractivity (Wildman–Crippen MR) is 89.0 cm³/mol. The van der Waals surface area contributed by atoms with E-state index in [1.54, 1.807) is 0 Å². The molecule has 0 unspecified atom stereocenters. The second-order valence-electron chi connectivity index (χ2n) is 6.16. The Morgan fingerprint density at radius 3 is 2.64 bits per heavy atom. The molecule has 0 saturated heterocycles. The zero-order valence-corrected chi connectivity index (χ0v) is 13.8. The van der Waals surface area contributed by atoms with Crippen molar-refractivity contribution in [1.29, 1.82) is 0 Å². The van der Waals surface area contributed by atoms with Crippen molar-refractivity contribution in [1.82, 2.24) is 10.2 Å². The van der Waals surface area contributed by atoms with Crippen LogP contribution in [0.2, 0.25) is 0 Å². The van der Waals surface area contributed by atoms with Crippen LogP contribution < -0.4 is 10.1 Å². The molecular formula is C18H28N2O2. The third-order valence-electron chi connectivity index (χ3n) is 4.45. The molecule has 22 heavy (non-hydrogen) atoms. The van der Waals surface area contributed by atoms with Crippen LogP contribution in [0.25, 0.3) is 0 Å². The van der Waals surface area contributed by atoms with Gasteiger partial charge in [0, 0.05) is 12.6 Å². The van der Waals surface area contributed by atoms with E-state index in [1.807, 2.05) is 49.2 Å². The highest BCUT2D eigenvalue weighted by Crippen LogP contribution is 2.17. The molecule has 4 heteroatoms. The summed E-state index contributed by atoms with van der Waals surface area (Å²) in [5, 5.41) is 3.19. The Hall–Kier alpha value is -1.55. The summed E-state index contributed by atoms with van der Waals surface area (Å²) in [5.41, 5.74) is 0. The Bertz CT molecular complexity index is 444. The van der Waals surface area contributed by atoms with Crippen molar-refractivity contribution in [3.8, 4) is 5.75 Å². The van der Waals surface area contributed by atoms with Crippen molar-refractivity contribution in [3.63, 3.8) is 0 Å². The summed E-state index contributed by atoms with van der Waals surface area (Å²) < 4.78 is 5.68. The van der Waals surface area contributed by atoms with E-state index in [1.165, 1.54) is 19.3 Å². The molecule has 1 aliphatic carbocycles. The molecule has 1 atom stereocenters. The van der Waals surface area contributed by atoms with Crippen LogP contribution in [-0.2, 0) is 4.79 Å².